The lowest BCUT2D eigenvalue weighted by molar-refractivity contribution is 0.573. The van der Waals surface area contributed by atoms with Crippen molar-refractivity contribution in [2.75, 3.05) is 5.73 Å². The molecule has 0 atom stereocenters. The number of nitrogen functional groups attached to an aromatic ring is 1. The summed E-state index contributed by atoms with van der Waals surface area (Å²) in [5, 5.41) is 15.4. The summed E-state index contributed by atoms with van der Waals surface area (Å²) in [4.78, 5) is 1.08. The molecule has 0 spiro atoms. The fourth-order valence-corrected chi connectivity index (χ4v) is 1.91. The van der Waals surface area contributed by atoms with Crippen molar-refractivity contribution >= 4 is 35.4 Å². The van der Waals surface area contributed by atoms with Crippen molar-refractivity contribution in [3.8, 4) is 11.3 Å². The van der Waals surface area contributed by atoms with Crippen LogP contribution < -0.4 is 5.73 Å². The number of anilines is 1. The number of nitrogens with zero attached hydrogens (tertiary/aromatic N) is 5. The molecule has 0 fully saturated rings. The molecule has 0 saturated carbocycles. The molecule has 0 bridgehead atoms. The topological polar surface area (TPSA) is 95.1 Å². The number of rotatable bonds is 3. The molecule has 2 aromatic heterocycles. The Labute approximate surface area is 129 Å². The van der Waals surface area contributed by atoms with Gasteiger partial charge in [-0.15, -0.1) is 0 Å². The Morgan fingerprint density at radius 2 is 2.05 bits per heavy atom. The van der Waals surface area contributed by atoms with Gasteiger partial charge in [-0.3, -0.25) is 0 Å². The van der Waals surface area contributed by atoms with Crippen molar-refractivity contribution in [3.63, 3.8) is 0 Å². The van der Waals surface area contributed by atoms with Gasteiger partial charge in [-0.2, -0.15) is 5.10 Å². The average molecular weight is 323 g/mol. The lowest BCUT2D eigenvalue weighted by Crippen LogP contribution is -1.99. The monoisotopic (exact) mass is 322 g/mol. The summed E-state index contributed by atoms with van der Waals surface area (Å²) in [5.41, 5.74) is 6.30. The van der Waals surface area contributed by atoms with E-state index in [9.17, 15) is 0 Å². The highest BCUT2D eigenvalue weighted by molar-refractivity contribution is 6.42. The zero-order valence-electron chi connectivity index (χ0n) is 10.4. The molecule has 0 unspecified atom stereocenters. The Bertz CT molecular complexity index is 810. The first kappa shape index (κ1) is 13.6. The molecule has 0 radical (unpaired) electrons. The van der Waals surface area contributed by atoms with E-state index < -0.39 is 0 Å². The Kier molecular flexibility index (Phi) is 3.59. The van der Waals surface area contributed by atoms with E-state index >= 15 is 0 Å². The summed E-state index contributed by atoms with van der Waals surface area (Å²) >= 11 is 11.9. The van der Waals surface area contributed by atoms with Crippen LogP contribution in [-0.2, 0) is 0 Å². The van der Waals surface area contributed by atoms with E-state index in [1.807, 2.05) is 6.07 Å². The Hall–Kier alpha value is -2.38. The minimum atomic E-state index is 0.0857. The zero-order chi connectivity index (χ0) is 14.8. The van der Waals surface area contributed by atoms with Crippen molar-refractivity contribution in [3.05, 3.63) is 46.1 Å². The number of aromatic nitrogens is 4. The fraction of sp³-hybridized carbons (Fsp3) is 0. The lowest BCUT2D eigenvalue weighted by Gasteiger charge is -1.99. The maximum atomic E-state index is 5.98. The molecule has 0 saturated heterocycles. The zero-order valence-corrected chi connectivity index (χ0v) is 12.0. The molecule has 0 amide bonds. The molecule has 2 heterocycles. The molecule has 2 N–H and O–H groups in total. The van der Waals surface area contributed by atoms with E-state index in [1.165, 1.54) is 6.21 Å². The normalized spacial score (nSPS) is 11.3. The summed E-state index contributed by atoms with van der Waals surface area (Å²) in [6.45, 7) is 0. The molecule has 0 aliphatic heterocycles. The van der Waals surface area contributed by atoms with Gasteiger partial charge in [0.1, 0.15) is 11.5 Å². The number of nitrogens with two attached hydrogens (primary N) is 1. The standard InChI is InChI=1S/C12H8Cl2N6O/c13-9-3-1-7(5-10(9)14)11-4-2-8(21-11)6-16-20-12(15)17-18-19-20/h1-6H,(H2,15,17,19)/b16-6-. The SMILES string of the molecule is Nc1nnnn1/N=C\c1ccc(-c2ccc(Cl)c(Cl)c2)o1. The van der Waals surface area contributed by atoms with Crippen LogP contribution in [0.1, 0.15) is 5.76 Å². The minimum absolute atomic E-state index is 0.0857. The van der Waals surface area contributed by atoms with Crippen LogP contribution >= 0.6 is 23.2 Å². The molecular formula is C12H8Cl2N6O. The third-order valence-corrected chi connectivity index (χ3v) is 3.34. The van der Waals surface area contributed by atoms with Crippen LogP contribution in [0.25, 0.3) is 11.3 Å². The van der Waals surface area contributed by atoms with Crippen LogP contribution in [0.15, 0.2) is 39.9 Å². The third-order valence-electron chi connectivity index (χ3n) is 2.60. The van der Waals surface area contributed by atoms with Gasteiger partial charge >= 0.3 is 0 Å². The van der Waals surface area contributed by atoms with Gasteiger partial charge in [-0.25, -0.2) is 0 Å². The van der Waals surface area contributed by atoms with E-state index in [2.05, 4.69) is 20.6 Å². The lowest BCUT2D eigenvalue weighted by atomic mass is 10.2. The van der Waals surface area contributed by atoms with Crippen molar-refractivity contribution < 1.29 is 4.42 Å². The van der Waals surface area contributed by atoms with Crippen LogP contribution in [0.5, 0.6) is 0 Å². The van der Waals surface area contributed by atoms with Crippen LogP contribution in [-0.4, -0.2) is 26.5 Å². The van der Waals surface area contributed by atoms with Crippen molar-refractivity contribution in [2.45, 2.75) is 0 Å². The van der Waals surface area contributed by atoms with E-state index in [-0.39, 0.29) is 5.95 Å². The van der Waals surface area contributed by atoms with Gasteiger partial charge in [0.2, 0.25) is 0 Å². The van der Waals surface area contributed by atoms with Gasteiger partial charge in [-0.05, 0) is 40.8 Å². The first-order valence-electron chi connectivity index (χ1n) is 5.77. The highest BCUT2D eigenvalue weighted by Crippen LogP contribution is 2.29. The highest BCUT2D eigenvalue weighted by atomic mass is 35.5. The number of hydrogen-bond acceptors (Lipinski definition) is 6. The van der Waals surface area contributed by atoms with Gasteiger partial charge < -0.3 is 10.2 Å². The quantitative estimate of drug-likeness (QED) is 0.748. The van der Waals surface area contributed by atoms with Gasteiger partial charge in [0, 0.05) is 5.56 Å². The van der Waals surface area contributed by atoms with Crippen LogP contribution in [0.4, 0.5) is 5.95 Å². The number of halogens is 2. The van der Waals surface area contributed by atoms with E-state index in [0.717, 1.165) is 10.4 Å². The highest BCUT2D eigenvalue weighted by Gasteiger charge is 2.06. The average Bonchev–Trinajstić information content (AvgIpc) is 3.09. The predicted octanol–water partition coefficient (Wildman–Crippen LogP) is 2.70. The van der Waals surface area contributed by atoms with Gasteiger partial charge in [-0.1, -0.05) is 33.1 Å². The van der Waals surface area contributed by atoms with E-state index in [0.29, 0.717) is 21.6 Å². The predicted molar refractivity (Wildman–Crippen MR) is 79.4 cm³/mol. The maximum absolute atomic E-state index is 5.98. The number of benzene rings is 1. The van der Waals surface area contributed by atoms with Gasteiger partial charge in [0.15, 0.2) is 0 Å². The summed E-state index contributed by atoms with van der Waals surface area (Å²) < 4.78 is 5.63. The van der Waals surface area contributed by atoms with Crippen molar-refractivity contribution in [2.24, 2.45) is 5.10 Å². The van der Waals surface area contributed by atoms with Gasteiger partial charge in [0.25, 0.3) is 5.95 Å². The Morgan fingerprint density at radius 1 is 1.19 bits per heavy atom. The molecule has 3 aromatic rings. The third kappa shape index (κ3) is 2.88. The van der Waals surface area contributed by atoms with Gasteiger partial charge in [0.05, 0.1) is 16.3 Å². The molecule has 3 rings (SSSR count). The minimum Gasteiger partial charge on any atom is -0.455 e. The molecule has 9 heteroatoms. The van der Waals surface area contributed by atoms with Crippen molar-refractivity contribution in [1.29, 1.82) is 0 Å². The van der Waals surface area contributed by atoms with E-state index in [1.54, 1.807) is 24.3 Å². The summed E-state index contributed by atoms with van der Waals surface area (Å²) in [6.07, 6.45) is 1.45. The Morgan fingerprint density at radius 3 is 2.76 bits per heavy atom. The molecular weight excluding hydrogens is 315 g/mol. The van der Waals surface area contributed by atoms with Crippen LogP contribution in [0, 0.1) is 0 Å². The summed E-state index contributed by atoms with van der Waals surface area (Å²) in [7, 11) is 0. The smallest absolute Gasteiger partial charge is 0.263 e. The maximum Gasteiger partial charge on any atom is 0.263 e. The van der Waals surface area contributed by atoms with E-state index in [4.69, 9.17) is 33.4 Å². The Balaban J connectivity index is 1.84. The largest absolute Gasteiger partial charge is 0.455 e. The number of hydrogen-bond donors (Lipinski definition) is 1. The first-order chi connectivity index (χ1) is 10.1. The fourth-order valence-electron chi connectivity index (χ4n) is 1.61. The summed E-state index contributed by atoms with van der Waals surface area (Å²) in [6, 6.07) is 8.79. The molecule has 21 heavy (non-hydrogen) atoms. The van der Waals surface area contributed by atoms with Crippen LogP contribution in [0.2, 0.25) is 10.0 Å². The number of tetrazole rings is 1. The summed E-state index contributed by atoms with van der Waals surface area (Å²) in [5.74, 6) is 1.24. The van der Waals surface area contributed by atoms with Crippen molar-refractivity contribution in [1.82, 2.24) is 20.3 Å². The second kappa shape index (κ2) is 5.55. The molecule has 106 valence electrons. The second-order valence-electron chi connectivity index (χ2n) is 4.00. The second-order valence-corrected chi connectivity index (χ2v) is 4.82. The first-order valence-corrected chi connectivity index (χ1v) is 6.52. The molecule has 0 aliphatic rings. The molecule has 1 aromatic carbocycles. The van der Waals surface area contributed by atoms with Crippen LogP contribution in [0.3, 0.4) is 0 Å². The molecule has 0 aliphatic carbocycles. The molecule has 7 nitrogen and oxygen atoms in total. The number of furan rings is 1.